The minimum Gasteiger partial charge on any atom is -0.391 e. The van der Waals surface area contributed by atoms with Gasteiger partial charge in [0, 0.05) is 12.2 Å². The Morgan fingerprint density at radius 1 is 1.25 bits per heavy atom. The van der Waals surface area contributed by atoms with Crippen LogP contribution in [0.5, 0.6) is 0 Å². The van der Waals surface area contributed by atoms with E-state index < -0.39 is 0 Å². The molecule has 0 amide bonds. The molecule has 2 rings (SSSR count). The Kier molecular flexibility index (Phi) is 4.78. The van der Waals surface area contributed by atoms with Crippen molar-refractivity contribution in [3.8, 4) is 0 Å². The maximum Gasteiger partial charge on any atom is 0.190 e. The van der Waals surface area contributed by atoms with E-state index in [1.807, 2.05) is 0 Å². The summed E-state index contributed by atoms with van der Waals surface area (Å²) in [6.45, 7) is 9.36. The topological polar surface area (TPSA) is 36.4 Å². The number of thiazole rings is 1. The fourth-order valence-corrected chi connectivity index (χ4v) is 3.34. The molecule has 0 spiro atoms. The second-order valence-corrected chi connectivity index (χ2v) is 6.26. The highest BCUT2D eigenvalue weighted by atomic mass is 32.1. The summed E-state index contributed by atoms with van der Waals surface area (Å²) in [6.07, 6.45) is 0. The molecule has 0 bridgehead atoms. The molecule has 108 valence electrons. The number of nitrogens with zero attached hydrogens (tertiary/aromatic N) is 2. The molecule has 0 unspecified atom stereocenters. The molecule has 0 radical (unpaired) electrons. The lowest BCUT2D eigenvalue weighted by molar-refractivity contribution is 0.283. The van der Waals surface area contributed by atoms with Crippen LogP contribution in [0, 0.1) is 6.92 Å². The Bertz CT molecular complexity index is 560. The van der Waals surface area contributed by atoms with E-state index in [4.69, 9.17) is 4.98 Å². The zero-order valence-corrected chi connectivity index (χ0v) is 13.4. The van der Waals surface area contributed by atoms with Crippen molar-refractivity contribution < 1.29 is 5.11 Å². The monoisotopic (exact) mass is 290 g/mol. The molecular weight excluding hydrogens is 268 g/mol. The maximum absolute atomic E-state index is 9.49. The Labute approximate surface area is 124 Å². The third kappa shape index (κ3) is 3.02. The van der Waals surface area contributed by atoms with Gasteiger partial charge in [-0.15, -0.1) is 0 Å². The zero-order valence-electron chi connectivity index (χ0n) is 12.6. The van der Waals surface area contributed by atoms with E-state index in [1.165, 1.54) is 5.56 Å². The van der Waals surface area contributed by atoms with Gasteiger partial charge >= 0.3 is 0 Å². The summed E-state index contributed by atoms with van der Waals surface area (Å²) in [7, 11) is 0. The number of aliphatic hydroxyl groups is 1. The SMILES string of the molecule is CCN(c1ccc(C)cc1)c1nc(C(C)C)c(CO)s1. The van der Waals surface area contributed by atoms with Gasteiger partial charge in [0.15, 0.2) is 5.13 Å². The van der Waals surface area contributed by atoms with Gasteiger partial charge in [-0.3, -0.25) is 0 Å². The second-order valence-electron chi connectivity index (χ2n) is 5.20. The van der Waals surface area contributed by atoms with Crippen LogP contribution < -0.4 is 4.90 Å². The van der Waals surface area contributed by atoms with Crippen molar-refractivity contribution in [3.63, 3.8) is 0 Å². The number of anilines is 2. The number of aliphatic hydroxyl groups excluding tert-OH is 1. The molecular formula is C16H22N2OS. The van der Waals surface area contributed by atoms with Crippen LogP contribution in [-0.4, -0.2) is 16.6 Å². The molecule has 0 fully saturated rings. The van der Waals surface area contributed by atoms with Gasteiger partial charge in [0.2, 0.25) is 0 Å². The summed E-state index contributed by atoms with van der Waals surface area (Å²) in [4.78, 5) is 7.90. The van der Waals surface area contributed by atoms with Crippen LogP contribution in [0.15, 0.2) is 24.3 Å². The van der Waals surface area contributed by atoms with Crippen LogP contribution in [0.2, 0.25) is 0 Å². The van der Waals surface area contributed by atoms with Crippen molar-refractivity contribution in [2.24, 2.45) is 0 Å². The van der Waals surface area contributed by atoms with Gasteiger partial charge < -0.3 is 10.0 Å². The normalized spacial score (nSPS) is 11.1. The predicted octanol–water partition coefficient (Wildman–Crippen LogP) is 4.23. The Morgan fingerprint density at radius 3 is 2.35 bits per heavy atom. The second kappa shape index (κ2) is 6.37. The van der Waals surface area contributed by atoms with Crippen molar-refractivity contribution in [2.75, 3.05) is 11.4 Å². The van der Waals surface area contributed by atoms with E-state index in [2.05, 4.69) is 56.9 Å². The van der Waals surface area contributed by atoms with E-state index in [9.17, 15) is 5.11 Å². The number of hydrogen-bond donors (Lipinski definition) is 1. The molecule has 1 aromatic carbocycles. The Hall–Kier alpha value is -1.39. The fraction of sp³-hybridized carbons (Fsp3) is 0.438. The van der Waals surface area contributed by atoms with Crippen LogP contribution in [-0.2, 0) is 6.61 Å². The van der Waals surface area contributed by atoms with Gasteiger partial charge in [-0.2, -0.15) is 0 Å². The molecule has 3 nitrogen and oxygen atoms in total. The Morgan fingerprint density at radius 2 is 1.90 bits per heavy atom. The third-order valence-electron chi connectivity index (χ3n) is 3.30. The molecule has 1 N–H and O–H groups in total. The first-order valence-electron chi connectivity index (χ1n) is 7.01. The average Bonchev–Trinajstić information content (AvgIpc) is 2.86. The molecule has 0 saturated carbocycles. The summed E-state index contributed by atoms with van der Waals surface area (Å²) in [6, 6.07) is 8.46. The molecule has 0 saturated heterocycles. The van der Waals surface area contributed by atoms with Gasteiger partial charge in [-0.1, -0.05) is 42.9 Å². The maximum atomic E-state index is 9.49. The summed E-state index contributed by atoms with van der Waals surface area (Å²) >= 11 is 1.58. The molecule has 1 heterocycles. The van der Waals surface area contributed by atoms with Crippen molar-refractivity contribution in [1.29, 1.82) is 0 Å². The number of aromatic nitrogens is 1. The van der Waals surface area contributed by atoms with E-state index in [0.717, 1.165) is 27.9 Å². The van der Waals surface area contributed by atoms with Crippen molar-refractivity contribution in [1.82, 2.24) is 4.98 Å². The van der Waals surface area contributed by atoms with Crippen LogP contribution in [0.25, 0.3) is 0 Å². The highest BCUT2D eigenvalue weighted by Gasteiger charge is 2.18. The lowest BCUT2D eigenvalue weighted by atomic mass is 10.1. The number of aryl methyl sites for hydroxylation is 1. The van der Waals surface area contributed by atoms with Gasteiger partial charge in [-0.05, 0) is 31.9 Å². The van der Waals surface area contributed by atoms with E-state index >= 15 is 0 Å². The molecule has 20 heavy (non-hydrogen) atoms. The zero-order chi connectivity index (χ0) is 14.7. The minimum atomic E-state index is 0.0661. The van der Waals surface area contributed by atoms with Gasteiger partial charge in [-0.25, -0.2) is 4.98 Å². The lowest BCUT2D eigenvalue weighted by Gasteiger charge is -2.20. The number of hydrogen-bond acceptors (Lipinski definition) is 4. The summed E-state index contributed by atoms with van der Waals surface area (Å²) in [5.74, 6) is 0.332. The van der Waals surface area contributed by atoms with Gasteiger partial charge in [0.25, 0.3) is 0 Å². The molecule has 2 aromatic rings. The molecule has 0 aliphatic rings. The fourth-order valence-electron chi connectivity index (χ4n) is 2.18. The van der Waals surface area contributed by atoms with Gasteiger partial charge in [0.05, 0.1) is 17.2 Å². The van der Waals surface area contributed by atoms with E-state index in [-0.39, 0.29) is 6.61 Å². The quantitative estimate of drug-likeness (QED) is 0.895. The average molecular weight is 290 g/mol. The van der Waals surface area contributed by atoms with Crippen molar-refractivity contribution in [3.05, 3.63) is 40.4 Å². The highest BCUT2D eigenvalue weighted by molar-refractivity contribution is 7.15. The van der Waals surface area contributed by atoms with Crippen LogP contribution in [0.1, 0.15) is 42.8 Å². The predicted molar refractivity (Wildman–Crippen MR) is 86.0 cm³/mol. The van der Waals surface area contributed by atoms with Gasteiger partial charge in [0.1, 0.15) is 0 Å². The van der Waals surface area contributed by atoms with E-state index in [0.29, 0.717) is 5.92 Å². The first-order chi connectivity index (χ1) is 9.56. The van der Waals surface area contributed by atoms with Crippen LogP contribution in [0.4, 0.5) is 10.8 Å². The van der Waals surface area contributed by atoms with E-state index in [1.54, 1.807) is 11.3 Å². The summed E-state index contributed by atoms with van der Waals surface area (Å²) < 4.78 is 0. The van der Waals surface area contributed by atoms with Crippen LogP contribution >= 0.6 is 11.3 Å². The number of rotatable bonds is 5. The molecule has 0 atom stereocenters. The standard InChI is InChI=1S/C16H22N2OS/c1-5-18(13-8-6-12(4)7-9-13)16-17-15(11(2)3)14(10-19)20-16/h6-9,11,19H,5,10H2,1-4H3. The van der Waals surface area contributed by atoms with Crippen LogP contribution in [0.3, 0.4) is 0 Å². The number of benzene rings is 1. The molecule has 0 aliphatic carbocycles. The Balaban J connectivity index is 2.39. The first kappa shape index (κ1) is 15.0. The smallest absolute Gasteiger partial charge is 0.190 e. The van der Waals surface area contributed by atoms with Crippen molar-refractivity contribution >= 4 is 22.2 Å². The molecule has 1 aromatic heterocycles. The highest BCUT2D eigenvalue weighted by Crippen LogP contribution is 2.34. The largest absolute Gasteiger partial charge is 0.391 e. The first-order valence-corrected chi connectivity index (χ1v) is 7.83. The summed E-state index contributed by atoms with van der Waals surface area (Å²) in [5, 5.41) is 10.5. The van der Waals surface area contributed by atoms with Crippen molar-refractivity contribution in [2.45, 2.75) is 40.2 Å². The third-order valence-corrected chi connectivity index (χ3v) is 4.38. The lowest BCUT2D eigenvalue weighted by Crippen LogP contribution is -2.15. The molecule has 0 aliphatic heterocycles. The molecule has 4 heteroatoms. The minimum absolute atomic E-state index is 0.0661. The summed E-state index contributed by atoms with van der Waals surface area (Å²) in [5.41, 5.74) is 3.41.